The minimum Gasteiger partial charge on any atom is -0.362 e. The molecule has 0 bridgehead atoms. The average molecular weight is 400 g/mol. The average Bonchev–Trinajstić information content (AvgIpc) is 2.62. The van der Waals surface area contributed by atoms with E-state index in [1.54, 1.807) is 48.5 Å². The second kappa shape index (κ2) is 7.71. The van der Waals surface area contributed by atoms with Crippen molar-refractivity contribution in [3.63, 3.8) is 0 Å². The molecule has 2 aromatic carbocycles. The Balaban J connectivity index is 1.97. The first-order chi connectivity index (χ1) is 12.8. The van der Waals surface area contributed by atoms with Crippen molar-refractivity contribution >= 4 is 34.8 Å². The maximum atomic E-state index is 13.1. The second-order valence-electron chi connectivity index (χ2n) is 6.60. The standard InChI is InChI=1S/C22H19Cl2NO2/c1-12-19(21(26)15-4-8-17(23)9-5-15)13(2)25-14(3)20(12)22(27)16-6-10-18(24)11-7-16/h4-12,25H,1-3H3. The Morgan fingerprint density at radius 3 is 1.41 bits per heavy atom. The SMILES string of the molecule is CC1=C(C(=O)c2ccc(Cl)cc2)C(C)C(C(=O)c2ccc(Cl)cc2)=C(C)N1. The molecule has 3 rings (SSSR count). The highest BCUT2D eigenvalue weighted by Crippen LogP contribution is 2.33. The zero-order chi connectivity index (χ0) is 19.7. The molecule has 0 saturated carbocycles. The summed E-state index contributed by atoms with van der Waals surface area (Å²) >= 11 is 11.9. The number of Topliss-reactive ketones (excluding diaryl/α,β-unsaturated/α-hetero) is 2. The number of ketones is 2. The number of allylic oxidation sites excluding steroid dienone is 4. The lowest BCUT2D eigenvalue weighted by Gasteiger charge is -2.28. The number of rotatable bonds is 4. The second-order valence-corrected chi connectivity index (χ2v) is 7.47. The molecule has 0 atom stereocenters. The number of halogens is 2. The van der Waals surface area contributed by atoms with Gasteiger partial charge in [-0.25, -0.2) is 0 Å². The highest BCUT2D eigenvalue weighted by atomic mass is 35.5. The van der Waals surface area contributed by atoms with E-state index in [2.05, 4.69) is 5.32 Å². The van der Waals surface area contributed by atoms with Gasteiger partial charge in [-0.05, 0) is 62.4 Å². The van der Waals surface area contributed by atoms with Crippen LogP contribution in [0.2, 0.25) is 10.0 Å². The molecule has 27 heavy (non-hydrogen) atoms. The third-order valence-electron chi connectivity index (χ3n) is 4.75. The Morgan fingerprint density at radius 1 is 0.741 bits per heavy atom. The van der Waals surface area contributed by atoms with Crippen molar-refractivity contribution in [2.45, 2.75) is 20.8 Å². The zero-order valence-electron chi connectivity index (χ0n) is 15.3. The van der Waals surface area contributed by atoms with Crippen molar-refractivity contribution in [1.29, 1.82) is 0 Å². The van der Waals surface area contributed by atoms with Crippen LogP contribution in [0.3, 0.4) is 0 Å². The van der Waals surface area contributed by atoms with E-state index in [-0.39, 0.29) is 17.5 Å². The minimum absolute atomic E-state index is 0.113. The van der Waals surface area contributed by atoms with E-state index < -0.39 is 0 Å². The molecule has 1 aliphatic rings. The number of carbonyl (C=O) groups excluding carboxylic acids is 2. The van der Waals surface area contributed by atoms with Crippen molar-refractivity contribution in [2.75, 3.05) is 0 Å². The van der Waals surface area contributed by atoms with Gasteiger partial charge in [0.2, 0.25) is 0 Å². The predicted octanol–water partition coefficient (Wildman–Crippen LogP) is 5.85. The Kier molecular flexibility index (Phi) is 5.54. The smallest absolute Gasteiger partial charge is 0.191 e. The molecule has 138 valence electrons. The highest BCUT2D eigenvalue weighted by molar-refractivity contribution is 6.31. The lowest BCUT2D eigenvalue weighted by molar-refractivity contribution is 0.101. The molecule has 1 heterocycles. The molecule has 2 aromatic rings. The van der Waals surface area contributed by atoms with Crippen LogP contribution in [0.5, 0.6) is 0 Å². The third-order valence-corrected chi connectivity index (χ3v) is 5.26. The number of hydrogen-bond acceptors (Lipinski definition) is 3. The molecule has 1 aliphatic heterocycles. The van der Waals surface area contributed by atoms with Crippen LogP contribution in [0.1, 0.15) is 41.5 Å². The van der Waals surface area contributed by atoms with Gasteiger partial charge in [0.25, 0.3) is 0 Å². The summed E-state index contributed by atoms with van der Waals surface area (Å²) in [6.07, 6.45) is 0. The maximum absolute atomic E-state index is 13.1. The molecule has 0 aromatic heterocycles. The normalized spacial score (nSPS) is 15.0. The zero-order valence-corrected chi connectivity index (χ0v) is 16.8. The fourth-order valence-corrected chi connectivity index (χ4v) is 3.71. The molecule has 0 fully saturated rings. The van der Waals surface area contributed by atoms with Crippen molar-refractivity contribution in [1.82, 2.24) is 5.32 Å². The third kappa shape index (κ3) is 3.85. The molecule has 0 saturated heterocycles. The number of hydrogen-bond donors (Lipinski definition) is 1. The van der Waals surface area contributed by atoms with Crippen LogP contribution >= 0.6 is 23.2 Å². The van der Waals surface area contributed by atoms with E-state index >= 15 is 0 Å². The van der Waals surface area contributed by atoms with Crippen LogP contribution in [0.4, 0.5) is 0 Å². The van der Waals surface area contributed by atoms with Crippen LogP contribution in [0.15, 0.2) is 71.1 Å². The number of carbonyl (C=O) groups is 2. The monoisotopic (exact) mass is 399 g/mol. The maximum Gasteiger partial charge on any atom is 0.191 e. The summed E-state index contributed by atoms with van der Waals surface area (Å²) in [5.74, 6) is -0.561. The van der Waals surface area contributed by atoms with Crippen LogP contribution in [-0.2, 0) is 0 Å². The molecular weight excluding hydrogens is 381 g/mol. The van der Waals surface area contributed by atoms with E-state index in [0.29, 0.717) is 32.3 Å². The molecule has 0 amide bonds. The van der Waals surface area contributed by atoms with Crippen molar-refractivity contribution in [3.8, 4) is 0 Å². The number of nitrogens with one attached hydrogen (secondary N) is 1. The van der Waals surface area contributed by atoms with Crippen LogP contribution in [0, 0.1) is 5.92 Å². The molecular formula is C22H19Cl2NO2. The first kappa shape index (κ1) is 19.4. The van der Waals surface area contributed by atoms with Gasteiger partial charge in [-0.3, -0.25) is 9.59 Å². The van der Waals surface area contributed by atoms with Gasteiger partial charge < -0.3 is 5.32 Å². The van der Waals surface area contributed by atoms with E-state index in [4.69, 9.17) is 23.2 Å². The number of dihydropyridines is 1. The Bertz CT molecular complexity index is 891. The molecule has 3 nitrogen and oxygen atoms in total. The van der Waals surface area contributed by atoms with Gasteiger partial charge in [-0.1, -0.05) is 30.1 Å². The van der Waals surface area contributed by atoms with Gasteiger partial charge in [0.15, 0.2) is 11.6 Å². The predicted molar refractivity (Wildman–Crippen MR) is 109 cm³/mol. The first-order valence-corrected chi connectivity index (χ1v) is 9.34. The largest absolute Gasteiger partial charge is 0.362 e. The molecule has 0 unspecified atom stereocenters. The summed E-state index contributed by atoms with van der Waals surface area (Å²) in [6.45, 7) is 5.60. The van der Waals surface area contributed by atoms with E-state index in [0.717, 1.165) is 11.4 Å². The summed E-state index contributed by atoms with van der Waals surface area (Å²) in [4.78, 5) is 26.2. The first-order valence-electron chi connectivity index (χ1n) is 8.58. The van der Waals surface area contributed by atoms with Gasteiger partial charge in [0.05, 0.1) is 0 Å². The summed E-state index contributed by atoms with van der Waals surface area (Å²) in [6, 6.07) is 13.5. The summed E-state index contributed by atoms with van der Waals surface area (Å²) in [5.41, 5.74) is 3.76. The van der Waals surface area contributed by atoms with Crippen LogP contribution < -0.4 is 5.32 Å². The van der Waals surface area contributed by atoms with Gasteiger partial charge in [-0.15, -0.1) is 0 Å². The Morgan fingerprint density at radius 2 is 1.07 bits per heavy atom. The van der Waals surface area contributed by atoms with Crippen LogP contribution in [0.25, 0.3) is 0 Å². The van der Waals surface area contributed by atoms with Crippen molar-refractivity contribution in [2.24, 2.45) is 5.92 Å². The molecule has 1 N–H and O–H groups in total. The fourth-order valence-electron chi connectivity index (χ4n) is 3.46. The summed E-state index contributed by atoms with van der Waals surface area (Å²) < 4.78 is 0. The molecule has 5 heteroatoms. The van der Waals surface area contributed by atoms with E-state index in [1.807, 2.05) is 20.8 Å². The quantitative estimate of drug-likeness (QED) is 0.656. The highest BCUT2D eigenvalue weighted by Gasteiger charge is 2.32. The van der Waals surface area contributed by atoms with Gasteiger partial charge in [0.1, 0.15) is 0 Å². The Hall–Kier alpha value is -2.36. The van der Waals surface area contributed by atoms with E-state index in [1.165, 1.54) is 0 Å². The lowest BCUT2D eigenvalue weighted by Crippen LogP contribution is -2.31. The molecule has 0 aliphatic carbocycles. The topological polar surface area (TPSA) is 46.2 Å². The van der Waals surface area contributed by atoms with Gasteiger partial charge >= 0.3 is 0 Å². The summed E-state index contributed by atoms with van der Waals surface area (Å²) in [7, 11) is 0. The summed E-state index contributed by atoms with van der Waals surface area (Å²) in [5, 5.41) is 4.34. The van der Waals surface area contributed by atoms with Crippen LogP contribution in [-0.4, -0.2) is 11.6 Å². The van der Waals surface area contributed by atoms with Gasteiger partial charge in [-0.2, -0.15) is 0 Å². The Labute approximate surface area is 168 Å². The molecule has 0 radical (unpaired) electrons. The van der Waals surface area contributed by atoms with Crippen molar-refractivity contribution in [3.05, 3.63) is 92.2 Å². The fraction of sp³-hybridized carbons (Fsp3) is 0.182. The van der Waals surface area contributed by atoms with Crippen molar-refractivity contribution < 1.29 is 9.59 Å². The molecule has 0 spiro atoms. The lowest BCUT2D eigenvalue weighted by atomic mass is 9.80. The van der Waals surface area contributed by atoms with E-state index in [9.17, 15) is 9.59 Å². The minimum atomic E-state index is -0.336. The van der Waals surface area contributed by atoms with Gasteiger partial charge in [0, 0.05) is 49.6 Å². The number of benzene rings is 2.